The van der Waals surface area contributed by atoms with Crippen molar-refractivity contribution in [3.05, 3.63) is 83.5 Å². The van der Waals surface area contributed by atoms with Crippen LogP contribution in [0, 0.1) is 0 Å². The molecule has 5 rings (SSSR count). The maximum absolute atomic E-state index is 12.9. The number of carbonyl (C=O) groups is 1. The van der Waals surface area contributed by atoms with Crippen molar-refractivity contribution in [1.29, 1.82) is 0 Å². The van der Waals surface area contributed by atoms with Crippen LogP contribution in [0.25, 0.3) is 10.9 Å². The van der Waals surface area contributed by atoms with Gasteiger partial charge in [0.1, 0.15) is 17.2 Å². The minimum absolute atomic E-state index is 0.216. The molecule has 4 aromatic rings. The molecule has 7 heteroatoms. The second-order valence-corrected chi connectivity index (χ2v) is 8.60. The van der Waals surface area contributed by atoms with Gasteiger partial charge in [-0.25, -0.2) is 0 Å². The zero-order chi connectivity index (χ0) is 22.6. The molecule has 0 atom stereocenters. The Morgan fingerprint density at radius 1 is 0.939 bits per heavy atom. The summed E-state index contributed by atoms with van der Waals surface area (Å²) in [5.41, 5.74) is 2.97. The van der Waals surface area contributed by atoms with Crippen LogP contribution in [0.1, 0.15) is 23.3 Å². The number of halogens is 1. The lowest BCUT2D eigenvalue weighted by molar-refractivity contribution is 0.102. The highest BCUT2D eigenvalue weighted by atomic mass is 35.5. The zero-order valence-electron chi connectivity index (χ0n) is 18.0. The minimum atomic E-state index is -0.216. The smallest absolute Gasteiger partial charge is 0.272 e. The normalized spacial score (nSPS) is 14.2. The highest BCUT2D eigenvalue weighted by Crippen LogP contribution is 2.30. The molecule has 2 heterocycles. The van der Waals surface area contributed by atoms with Crippen molar-refractivity contribution in [2.45, 2.75) is 18.9 Å². The molecule has 1 aromatic heterocycles. The third-order valence-corrected chi connectivity index (χ3v) is 5.95. The quantitative estimate of drug-likeness (QED) is 0.283. The fourth-order valence-electron chi connectivity index (χ4n) is 4.06. The number of aromatic amines is 1. The van der Waals surface area contributed by atoms with Crippen LogP contribution in [-0.4, -0.2) is 30.0 Å². The molecule has 1 fully saturated rings. The van der Waals surface area contributed by atoms with Gasteiger partial charge in [0, 0.05) is 22.1 Å². The molecule has 1 amide bonds. The molecule has 1 saturated heterocycles. The van der Waals surface area contributed by atoms with E-state index in [1.165, 1.54) is 0 Å². The molecule has 1 aliphatic rings. The van der Waals surface area contributed by atoms with Crippen molar-refractivity contribution in [1.82, 2.24) is 10.3 Å². The summed E-state index contributed by atoms with van der Waals surface area (Å²) in [4.78, 5) is 16.2. The zero-order valence-corrected chi connectivity index (χ0v) is 18.8. The average molecular weight is 461 g/mol. The summed E-state index contributed by atoms with van der Waals surface area (Å²) in [5.74, 6) is 1.25. The van der Waals surface area contributed by atoms with E-state index >= 15 is 0 Å². The first-order chi connectivity index (χ1) is 16.1. The maximum atomic E-state index is 12.9. The van der Waals surface area contributed by atoms with Crippen molar-refractivity contribution in [3.8, 4) is 11.5 Å². The van der Waals surface area contributed by atoms with Gasteiger partial charge in [0.25, 0.3) is 5.91 Å². The van der Waals surface area contributed by atoms with Crippen molar-refractivity contribution < 1.29 is 9.53 Å². The molecule has 33 heavy (non-hydrogen) atoms. The molecular formula is C26H25ClN4O2. The van der Waals surface area contributed by atoms with Crippen molar-refractivity contribution in [2.24, 2.45) is 0 Å². The Morgan fingerprint density at radius 2 is 1.67 bits per heavy atom. The molecule has 6 nitrogen and oxygen atoms in total. The number of ether oxygens (including phenoxy) is 1. The van der Waals surface area contributed by atoms with E-state index in [4.69, 9.17) is 16.3 Å². The van der Waals surface area contributed by atoms with Crippen LogP contribution in [0.4, 0.5) is 11.4 Å². The number of hydrogen-bond acceptors (Lipinski definition) is 4. The highest BCUT2D eigenvalue weighted by Gasteiger charge is 2.17. The van der Waals surface area contributed by atoms with Gasteiger partial charge in [-0.05, 0) is 80.5 Å². The van der Waals surface area contributed by atoms with E-state index in [1.54, 1.807) is 0 Å². The highest BCUT2D eigenvalue weighted by molar-refractivity contribution is 6.32. The van der Waals surface area contributed by atoms with E-state index in [0.717, 1.165) is 48.3 Å². The molecule has 0 saturated carbocycles. The number of rotatable bonds is 6. The first-order valence-electron chi connectivity index (χ1n) is 11.1. The molecule has 0 aliphatic carbocycles. The number of para-hydroxylation sites is 1. The molecule has 0 unspecified atom stereocenters. The standard InChI is InChI=1S/C26H25ClN4O2/c27-18-14-17-15-24(31-25(17)23(16-18)29-20-10-12-28-13-11-20)26(32)30-19-6-8-22(9-7-19)33-21-4-2-1-3-5-21/h1-9,14-16,20,28-29,31H,10-13H2,(H,30,32). The third kappa shape index (κ3) is 5.13. The summed E-state index contributed by atoms with van der Waals surface area (Å²) in [6.07, 6.45) is 2.10. The number of aromatic nitrogens is 1. The van der Waals surface area contributed by atoms with Gasteiger partial charge in [0.15, 0.2) is 0 Å². The molecule has 0 radical (unpaired) electrons. The van der Waals surface area contributed by atoms with Crippen molar-refractivity contribution >= 4 is 39.8 Å². The van der Waals surface area contributed by atoms with Crippen LogP contribution in [0.15, 0.2) is 72.8 Å². The predicted molar refractivity (Wildman–Crippen MR) is 134 cm³/mol. The van der Waals surface area contributed by atoms with Gasteiger partial charge in [-0.15, -0.1) is 0 Å². The van der Waals surface area contributed by atoms with Crippen LogP contribution in [0.2, 0.25) is 5.02 Å². The molecule has 168 valence electrons. The van der Waals surface area contributed by atoms with Crippen molar-refractivity contribution in [3.63, 3.8) is 0 Å². The SMILES string of the molecule is O=C(Nc1ccc(Oc2ccccc2)cc1)c1cc2cc(Cl)cc(NC3CCNCC3)c2[nH]1. The first kappa shape index (κ1) is 21.4. The van der Waals surface area contributed by atoms with Crippen molar-refractivity contribution in [2.75, 3.05) is 23.7 Å². The monoisotopic (exact) mass is 460 g/mol. The number of hydrogen-bond donors (Lipinski definition) is 4. The summed E-state index contributed by atoms with van der Waals surface area (Å²) < 4.78 is 5.81. The lowest BCUT2D eigenvalue weighted by atomic mass is 10.1. The summed E-state index contributed by atoms with van der Waals surface area (Å²) in [6, 6.07) is 22.9. The Balaban J connectivity index is 1.30. The van der Waals surface area contributed by atoms with Crippen LogP contribution in [0.3, 0.4) is 0 Å². The van der Waals surface area contributed by atoms with Gasteiger partial charge >= 0.3 is 0 Å². The van der Waals surface area contributed by atoms with E-state index in [0.29, 0.717) is 28.2 Å². The van der Waals surface area contributed by atoms with Gasteiger partial charge in [0.05, 0.1) is 11.2 Å². The van der Waals surface area contributed by atoms with Crippen LogP contribution < -0.4 is 20.7 Å². The lowest BCUT2D eigenvalue weighted by Crippen LogP contribution is -2.35. The van der Waals surface area contributed by atoms with E-state index in [9.17, 15) is 4.79 Å². The van der Waals surface area contributed by atoms with E-state index in [1.807, 2.05) is 72.8 Å². The Hall–Kier alpha value is -3.48. The number of H-pyrrole nitrogens is 1. The minimum Gasteiger partial charge on any atom is -0.457 e. The van der Waals surface area contributed by atoms with E-state index < -0.39 is 0 Å². The van der Waals surface area contributed by atoms with Gasteiger partial charge in [-0.1, -0.05) is 29.8 Å². The maximum Gasteiger partial charge on any atom is 0.272 e. The summed E-state index contributed by atoms with van der Waals surface area (Å²) >= 11 is 6.35. The summed E-state index contributed by atoms with van der Waals surface area (Å²) in [6.45, 7) is 1.99. The molecule has 0 spiro atoms. The second-order valence-electron chi connectivity index (χ2n) is 8.16. The predicted octanol–water partition coefficient (Wildman–Crippen LogP) is 6.03. The lowest BCUT2D eigenvalue weighted by Gasteiger charge is -2.25. The largest absolute Gasteiger partial charge is 0.457 e. The van der Waals surface area contributed by atoms with Gasteiger partial charge in [0.2, 0.25) is 0 Å². The number of amides is 1. The molecular weight excluding hydrogens is 436 g/mol. The summed E-state index contributed by atoms with van der Waals surface area (Å²) in [5, 5.41) is 11.4. The van der Waals surface area contributed by atoms with Gasteiger partial charge < -0.3 is 25.7 Å². The van der Waals surface area contributed by atoms with E-state index in [-0.39, 0.29) is 5.91 Å². The number of nitrogens with one attached hydrogen (secondary N) is 4. The fraction of sp³-hybridized carbons (Fsp3) is 0.192. The number of piperidine rings is 1. The van der Waals surface area contributed by atoms with Crippen LogP contribution in [0.5, 0.6) is 11.5 Å². The number of carbonyl (C=O) groups excluding carboxylic acids is 1. The van der Waals surface area contributed by atoms with E-state index in [2.05, 4.69) is 20.9 Å². The third-order valence-electron chi connectivity index (χ3n) is 5.73. The Kier molecular flexibility index (Phi) is 6.19. The molecule has 1 aliphatic heterocycles. The fourth-order valence-corrected chi connectivity index (χ4v) is 4.29. The topological polar surface area (TPSA) is 78.2 Å². The summed E-state index contributed by atoms with van der Waals surface area (Å²) in [7, 11) is 0. The van der Waals surface area contributed by atoms with Gasteiger partial charge in [-0.2, -0.15) is 0 Å². The van der Waals surface area contributed by atoms with Gasteiger partial charge in [-0.3, -0.25) is 4.79 Å². The number of fused-ring (bicyclic) bond motifs is 1. The Bertz CT molecular complexity index is 1250. The molecule has 3 aromatic carbocycles. The van der Waals surface area contributed by atoms with Crippen LogP contribution in [-0.2, 0) is 0 Å². The number of anilines is 2. The van der Waals surface area contributed by atoms with Crippen LogP contribution >= 0.6 is 11.6 Å². The average Bonchev–Trinajstić information content (AvgIpc) is 3.26. The first-order valence-corrected chi connectivity index (χ1v) is 11.5. The molecule has 4 N–H and O–H groups in total. The second kappa shape index (κ2) is 9.57. The Labute approximate surface area is 197 Å². The molecule has 0 bridgehead atoms. The number of benzene rings is 3. The Morgan fingerprint density at radius 3 is 2.42 bits per heavy atom.